The summed E-state index contributed by atoms with van der Waals surface area (Å²) in [5.41, 5.74) is 6.00. The predicted octanol–water partition coefficient (Wildman–Crippen LogP) is 4.37. The van der Waals surface area contributed by atoms with Gasteiger partial charge in [0.15, 0.2) is 0 Å². The molecular formula is C17H18Cl2N2. The SMILES string of the molecule is CN(C)c1ccc(-c2cc(Cl)c(Cl)c3c2CNCC3)cc1. The van der Waals surface area contributed by atoms with Crippen LogP contribution in [-0.2, 0) is 13.0 Å². The second kappa shape index (κ2) is 5.88. The predicted molar refractivity (Wildman–Crippen MR) is 91.6 cm³/mol. The molecule has 0 amide bonds. The van der Waals surface area contributed by atoms with E-state index in [-0.39, 0.29) is 0 Å². The van der Waals surface area contributed by atoms with Crippen molar-refractivity contribution >= 4 is 28.9 Å². The molecule has 2 nitrogen and oxygen atoms in total. The molecule has 0 radical (unpaired) electrons. The average Bonchev–Trinajstić information content (AvgIpc) is 2.51. The zero-order valence-corrected chi connectivity index (χ0v) is 13.7. The molecule has 0 fully saturated rings. The lowest BCUT2D eigenvalue weighted by Gasteiger charge is -2.23. The van der Waals surface area contributed by atoms with Gasteiger partial charge >= 0.3 is 0 Å². The first kappa shape index (κ1) is 14.7. The molecular weight excluding hydrogens is 303 g/mol. The van der Waals surface area contributed by atoms with Gasteiger partial charge < -0.3 is 10.2 Å². The van der Waals surface area contributed by atoms with Gasteiger partial charge in [-0.25, -0.2) is 0 Å². The number of anilines is 1. The fourth-order valence-electron chi connectivity index (χ4n) is 2.80. The summed E-state index contributed by atoms with van der Waals surface area (Å²) in [4.78, 5) is 2.09. The lowest BCUT2D eigenvalue weighted by molar-refractivity contribution is 0.645. The highest BCUT2D eigenvalue weighted by atomic mass is 35.5. The third-order valence-corrected chi connectivity index (χ3v) is 4.81. The van der Waals surface area contributed by atoms with E-state index in [1.54, 1.807) is 0 Å². The fraction of sp³-hybridized carbons (Fsp3) is 0.294. The first-order valence-electron chi connectivity index (χ1n) is 7.06. The molecule has 21 heavy (non-hydrogen) atoms. The van der Waals surface area contributed by atoms with E-state index in [4.69, 9.17) is 23.2 Å². The number of nitrogens with one attached hydrogen (secondary N) is 1. The molecule has 4 heteroatoms. The number of halogens is 2. The summed E-state index contributed by atoms with van der Waals surface area (Å²) < 4.78 is 0. The normalized spacial score (nSPS) is 13.9. The Morgan fingerprint density at radius 1 is 1.05 bits per heavy atom. The van der Waals surface area contributed by atoms with Crippen LogP contribution in [0.15, 0.2) is 30.3 Å². The molecule has 1 aliphatic rings. The fourth-order valence-corrected chi connectivity index (χ4v) is 3.29. The Kier molecular flexibility index (Phi) is 4.12. The Morgan fingerprint density at radius 2 is 1.76 bits per heavy atom. The molecule has 0 spiro atoms. The van der Waals surface area contributed by atoms with E-state index in [1.807, 2.05) is 20.2 Å². The molecule has 0 aromatic heterocycles. The van der Waals surface area contributed by atoms with Crippen LogP contribution >= 0.6 is 23.2 Å². The van der Waals surface area contributed by atoms with Crippen molar-refractivity contribution in [1.82, 2.24) is 5.32 Å². The number of hydrogen-bond donors (Lipinski definition) is 1. The van der Waals surface area contributed by atoms with E-state index in [0.29, 0.717) is 10.0 Å². The van der Waals surface area contributed by atoms with Crippen LogP contribution in [-0.4, -0.2) is 20.6 Å². The van der Waals surface area contributed by atoms with Crippen molar-refractivity contribution in [2.45, 2.75) is 13.0 Å². The molecule has 110 valence electrons. The van der Waals surface area contributed by atoms with Crippen LogP contribution in [0.25, 0.3) is 11.1 Å². The van der Waals surface area contributed by atoms with Crippen molar-refractivity contribution in [3.8, 4) is 11.1 Å². The molecule has 2 aromatic rings. The maximum absolute atomic E-state index is 6.37. The molecule has 1 N–H and O–H groups in total. The average molecular weight is 321 g/mol. The Labute approximate surface area is 135 Å². The zero-order chi connectivity index (χ0) is 15.0. The second-order valence-corrected chi connectivity index (χ2v) is 6.33. The second-order valence-electron chi connectivity index (χ2n) is 5.55. The third-order valence-electron chi connectivity index (χ3n) is 3.98. The van der Waals surface area contributed by atoms with E-state index in [0.717, 1.165) is 19.5 Å². The summed E-state index contributed by atoms with van der Waals surface area (Å²) in [6.45, 7) is 1.79. The summed E-state index contributed by atoms with van der Waals surface area (Å²) in [5, 5.41) is 4.77. The monoisotopic (exact) mass is 320 g/mol. The van der Waals surface area contributed by atoms with Crippen LogP contribution in [0.4, 0.5) is 5.69 Å². The highest BCUT2D eigenvalue weighted by Crippen LogP contribution is 2.38. The minimum Gasteiger partial charge on any atom is -0.378 e. The number of benzene rings is 2. The van der Waals surface area contributed by atoms with Gasteiger partial charge in [-0.1, -0.05) is 35.3 Å². The summed E-state index contributed by atoms with van der Waals surface area (Å²) in [5.74, 6) is 0. The van der Waals surface area contributed by atoms with Gasteiger partial charge in [0.2, 0.25) is 0 Å². The Balaban J connectivity index is 2.11. The van der Waals surface area contributed by atoms with Crippen LogP contribution < -0.4 is 10.2 Å². The van der Waals surface area contributed by atoms with E-state index in [9.17, 15) is 0 Å². The molecule has 0 bridgehead atoms. The van der Waals surface area contributed by atoms with Gasteiger partial charge in [-0.3, -0.25) is 0 Å². The van der Waals surface area contributed by atoms with Crippen molar-refractivity contribution in [2.75, 3.05) is 25.5 Å². The summed E-state index contributed by atoms with van der Waals surface area (Å²) in [7, 11) is 4.08. The summed E-state index contributed by atoms with van der Waals surface area (Å²) in [6, 6.07) is 10.5. The molecule has 0 saturated heterocycles. The van der Waals surface area contributed by atoms with Gasteiger partial charge in [0.1, 0.15) is 0 Å². The van der Waals surface area contributed by atoms with E-state index in [1.165, 1.54) is 27.9 Å². The van der Waals surface area contributed by atoms with Crippen LogP contribution in [0.5, 0.6) is 0 Å². The molecule has 0 atom stereocenters. The van der Waals surface area contributed by atoms with E-state index < -0.39 is 0 Å². The summed E-state index contributed by atoms with van der Waals surface area (Å²) >= 11 is 12.7. The van der Waals surface area contributed by atoms with Crippen LogP contribution in [0.2, 0.25) is 10.0 Å². The first-order chi connectivity index (χ1) is 10.1. The van der Waals surface area contributed by atoms with Crippen molar-refractivity contribution in [3.05, 3.63) is 51.5 Å². The number of hydrogen-bond acceptors (Lipinski definition) is 2. The smallest absolute Gasteiger partial charge is 0.0628 e. The van der Waals surface area contributed by atoms with Gasteiger partial charge in [0.05, 0.1) is 10.0 Å². The Morgan fingerprint density at radius 3 is 2.43 bits per heavy atom. The Bertz CT molecular complexity index is 663. The zero-order valence-electron chi connectivity index (χ0n) is 12.2. The van der Waals surface area contributed by atoms with Gasteiger partial charge in [-0.05, 0) is 53.4 Å². The molecule has 2 aromatic carbocycles. The van der Waals surface area contributed by atoms with Gasteiger partial charge in [-0.15, -0.1) is 0 Å². The highest BCUT2D eigenvalue weighted by Gasteiger charge is 2.19. The molecule has 0 saturated carbocycles. The third kappa shape index (κ3) is 2.76. The van der Waals surface area contributed by atoms with Crippen LogP contribution in [0.3, 0.4) is 0 Å². The van der Waals surface area contributed by atoms with Gasteiger partial charge in [0, 0.05) is 26.3 Å². The number of rotatable bonds is 2. The van der Waals surface area contributed by atoms with Crippen LogP contribution in [0.1, 0.15) is 11.1 Å². The maximum Gasteiger partial charge on any atom is 0.0628 e. The lowest BCUT2D eigenvalue weighted by Crippen LogP contribution is -2.24. The van der Waals surface area contributed by atoms with Gasteiger partial charge in [0.25, 0.3) is 0 Å². The minimum absolute atomic E-state index is 0.643. The number of fused-ring (bicyclic) bond motifs is 1. The maximum atomic E-state index is 6.37. The Hall–Kier alpha value is -1.22. The van der Waals surface area contributed by atoms with Crippen molar-refractivity contribution in [2.24, 2.45) is 0 Å². The molecule has 0 aliphatic carbocycles. The molecule has 0 unspecified atom stereocenters. The number of nitrogens with zero attached hydrogens (tertiary/aromatic N) is 1. The van der Waals surface area contributed by atoms with Crippen molar-refractivity contribution in [3.63, 3.8) is 0 Å². The highest BCUT2D eigenvalue weighted by molar-refractivity contribution is 6.42. The minimum atomic E-state index is 0.643. The van der Waals surface area contributed by atoms with Crippen LogP contribution in [0, 0.1) is 0 Å². The van der Waals surface area contributed by atoms with E-state index in [2.05, 4.69) is 34.5 Å². The quantitative estimate of drug-likeness (QED) is 0.883. The molecule has 3 rings (SSSR count). The largest absolute Gasteiger partial charge is 0.378 e. The molecule has 1 heterocycles. The lowest BCUT2D eigenvalue weighted by atomic mass is 9.91. The van der Waals surface area contributed by atoms with Crippen molar-refractivity contribution in [1.29, 1.82) is 0 Å². The summed E-state index contributed by atoms with van der Waals surface area (Å²) in [6.07, 6.45) is 0.928. The van der Waals surface area contributed by atoms with Gasteiger partial charge in [-0.2, -0.15) is 0 Å². The molecule has 1 aliphatic heterocycles. The standard InChI is InChI=1S/C17H18Cl2N2/c1-21(2)12-5-3-11(4-6-12)14-9-16(18)17(19)13-7-8-20-10-15(13)14/h3-6,9,20H,7-8,10H2,1-2H3. The topological polar surface area (TPSA) is 15.3 Å². The van der Waals surface area contributed by atoms with Crippen molar-refractivity contribution < 1.29 is 0 Å². The first-order valence-corrected chi connectivity index (χ1v) is 7.81. The van der Waals surface area contributed by atoms with E-state index >= 15 is 0 Å².